The minimum atomic E-state index is -1.03. The molecule has 2 aromatic carbocycles. The number of fused-ring (bicyclic) bond motifs is 5. The molecule has 12 heteroatoms. The Morgan fingerprint density at radius 1 is 0.524 bits per heavy atom. The van der Waals surface area contributed by atoms with Gasteiger partial charge in [-0.25, -0.2) is 19.8 Å². The predicted octanol–water partition coefficient (Wildman–Crippen LogP) is 4.62. The van der Waals surface area contributed by atoms with Gasteiger partial charge in [-0.05, 0) is 60.7 Å². The summed E-state index contributed by atoms with van der Waals surface area (Å²) < 4.78 is 11.6. The summed E-state index contributed by atoms with van der Waals surface area (Å²) in [6.07, 6.45) is 2.95. The van der Waals surface area contributed by atoms with Crippen LogP contribution in [0.4, 0.5) is 11.4 Å². The Labute approximate surface area is 248 Å². The van der Waals surface area contributed by atoms with Crippen molar-refractivity contribution in [3.05, 3.63) is 107 Å². The number of furan rings is 2. The molecule has 10 nitrogen and oxygen atoms in total. The lowest BCUT2D eigenvalue weighted by molar-refractivity contribution is -0.136. The van der Waals surface area contributed by atoms with Crippen LogP contribution in [0.25, 0.3) is 0 Å². The van der Waals surface area contributed by atoms with Gasteiger partial charge in [0.25, 0.3) is 11.8 Å². The highest BCUT2D eigenvalue weighted by Gasteiger charge is 2.74. The molecular weight excluding hydrogens is 583 g/mol. The van der Waals surface area contributed by atoms with Crippen LogP contribution in [-0.4, -0.2) is 45.7 Å². The Kier molecular flexibility index (Phi) is 5.55. The molecule has 0 N–H and O–H groups in total. The Bertz CT molecular complexity index is 1650. The summed E-state index contributed by atoms with van der Waals surface area (Å²) in [6, 6.07) is 16.0. The van der Waals surface area contributed by atoms with E-state index in [9.17, 15) is 19.2 Å². The number of hydrazine groups is 1. The van der Waals surface area contributed by atoms with Gasteiger partial charge in [-0.15, -0.1) is 0 Å². The van der Waals surface area contributed by atoms with E-state index in [1.54, 1.807) is 82.8 Å². The topological polar surface area (TPSA) is 108 Å². The van der Waals surface area contributed by atoms with Gasteiger partial charge in [0.15, 0.2) is 0 Å². The first-order valence-corrected chi connectivity index (χ1v) is 14.0. The number of halogens is 2. The van der Waals surface area contributed by atoms with E-state index in [0.29, 0.717) is 32.9 Å². The van der Waals surface area contributed by atoms with Crippen molar-refractivity contribution in [2.75, 3.05) is 9.80 Å². The van der Waals surface area contributed by atoms with Crippen LogP contribution in [0.5, 0.6) is 0 Å². The molecule has 0 saturated carbocycles. The van der Waals surface area contributed by atoms with Gasteiger partial charge in [-0.3, -0.25) is 19.2 Å². The van der Waals surface area contributed by atoms with E-state index in [1.165, 1.54) is 12.5 Å². The maximum absolute atomic E-state index is 14.2. The average molecular weight is 603 g/mol. The van der Waals surface area contributed by atoms with Gasteiger partial charge in [0.2, 0.25) is 11.8 Å². The van der Waals surface area contributed by atoms with E-state index in [0.717, 1.165) is 9.80 Å². The molecule has 0 unspecified atom stereocenters. The van der Waals surface area contributed by atoms with Gasteiger partial charge >= 0.3 is 0 Å². The van der Waals surface area contributed by atoms with E-state index in [-0.39, 0.29) is 0 Å². The lowest BCUT2D eigenvalue weighted by atomic mass is 9.87. The Hall–Kier alpha value is -4.22. The van der Waals surface area contributed by atoms with Crippen molar-refractivity contribution >= 4 is 58.2 Å². The number of benzene rings is 2. The summed E-state index contributed by atoms with van der Waals surface area (Å²) in [5, 5.41) is 4.13. The Morgan fingerprint density at radius 2 is 0.952 bits per heavy atom. The zero-order valence-corrected chi connectivity index (χ0v) is 23.1. The third kappa shape index (κ3) is 3.34. The van der Waals surface area contributed by atoms with Gasteiger partial charge in [0, 0.05) is 10.0 Å². The number of rotatable bonds is 4. The van der Waals surface area contributed by atoms with E-state index < -0.39 is 59.6 Å². The van der Waals surface area contributed by atoms with Gasteiger partial charge < -0.3 is 8.83 Å². The molecule has 2 aromatic heterocycles. The summed E-state index contributed by atoms with van der Waals surface area (Å²) in [6.45, 7) is 0. The third-order valence-electron chi connectivity index (χ3n) is 8.53. The number of hydrogen-bond acceptors (Lipinski definition) is 8. The molecule has 4 saturated heterocycles. The number of imide groups is 2. The Morgan fingerprint density at radius 3 is 1.31 bits per heavy atom. The molecule has 4 aliphatic heterocycles. The number of carbonyl (C=O) groups excluding carboxylic acids is 4. The molecule has 4 aromatic rings. The Balaban J connectivity index is 1.31. The molecule has 0 bridgehead atoms. The number of nitrogens with zero attached hydrogens (tertiary/aromatic N) is 4. The molecule has 4 aliphatic rings. The normalized spacial score (nSPS) is 29.1. The molecule has 210 valence electrons. The van der Waals surface area contributed by atoms with Crippen molar-refractivity contribution in [2.45, 2.75) is 24.2 Å². The molecule has 8 rings (SSSR count). The van der Waals surface area contributed by atoms with Gasteiger partial charge in [-0.2, -0.15) is 0 Å². The molecular formula is C30H20Cl2N4O6. The molecule has 6 heterocycles. The minimum absolute atomic E-state index is 0.338. The first-order valence-electron chi connectivity index (χ1n) is 13.3. The lowest BCUT2D eigenvalue weighted by Crippen LogP contribution is -2.50. The maximum atomic E-state index is 14.2. The highest BCUT2D eigenvalue weighted by Crippen LogP contribution is 2.59. The molecule has 0 spiro atoms. The van der Waals surface area contributed by atoms with E-state index in [2.05, 4.69) is 0 Å². The number of amides is 4. The summed E-state index contributed by atoms with van der Waals surface area (Å²) >= 11 is 12.4. The summed E-state index contributed by atoms with van der Waals surface area (Å²) in [4.78, 5) is 59.0. The molecule has 4 amide bonds. The molecule has 0 radical (unpaired) electrons. The summed E-state index contributed by atoms with van der Waals surface area (Å²) in [5.41, 5.74) is 0.676. The van der Waals surface area contributed by atoms with Crippen LogP contribution in [-0.2, 0) is 19.2 Å². The van der Waals surface area contributed by atoms with Crippen molar-refractivity contribution in [1.29, 1.82) is 0 Å². The minimum Gasteiger partial charge on any atom is -0.468 e. The van der Waals surface area contributed by atoms with Crippen molar-refractivity contribution in [1.82, 2.24) is 10.0 Å². The van der Waals surface area contributed by atoms with Crippen LogP contribution in [0, 0.1) is 11.8 Å². The molecule has 6 atom stereocenters. The van der Waals surface area contributed by atoms with Crippen LogP contribution >= 0.6 is 23.2 Å². The lowest BCUT2D eigenvalue weighted by Gasteiger charge is -2.34. The average Bonchev–Trinajstić information content (AvgIpc) is 3.79. The second-order valence-corrected chi connectivity index (χ2v) is 11.5. The molecule has 0 aliphatic carbocycles. The zero-order valence-electron chi connectivity index (χ0n) is 21.5. The quantitative estimate of drug-likeness (QED) is 0.311. The number of anilines is 2. The van der Waals surface area contributed by atoms with Crippen molar-refractivity contribution < 1.29 is 28.0 Å². The molecule has 42 heavy (non-hydrogen) atoms. The number of carbonyl (C=O) groups is 4. The van der Waals surface area contributed by atoms with Crippen LogP contribution < -0.4 is 9.80 Å². The van der Waals surface area contributed by atoms with Crippen LogP contribution in [0.15, 0.2) is 94.2 Å². The van der Waals surface area contributed by atoms with E-state index in [1.807, 2.05) is 0 Å². The second-order valence-electron chi connectivity index (χ2n) is 10.6. The monoisotopic (exact) mass is 602 g/mol. The van der Waals surface area contributed by atoms with Crippen molar-refractivity contribution in [3.63, 3.8) is 0 Å². The van der Waals surface area contributed by atoms with Crippen LogP contribution in [0.2, 0.25) is 10.0 Å². The first kappa shape index (κ1) is 25.5. The SMILES string of the molecule is O=C1[C@@H]2[C@@H](C(=O)N1c1cccc(Cl)c1)N1[C@@H](c3ccco3)[C@@H]3C(=O)N(c4cccc(Cl)c4)C(=O)[C@@H]3N1[C@@H]2c1ccco1. The first-order chi connectivity index (χ1) is 20.4. The van der Waals surface area contributed by atoms with Crippen LogP contribution in [0.3, 0.4) is 0 Å². The van der Waals surface area contributed by atoms with E-state index >= 15 is 0 Å². The van der Waals surface area contributed by atoms with Gasteiger partial charge in [-0.1, -0.05) is 35.3 Å². The van der Waals surface area contributed by atoms with Crippen molar-refractivity contribution in [2.24, 2.45) is 11.8 Å². The highest BCUT2D eigenvalue weighted by atomic mass is 35.5. The van der Waals surface area contributed by atoms with Crippen LogP contribution in [0.1, 0.15) is 23.6 Å². The zero-order chi connectivity index (χ0) is 28.9. The summed E-state index contributed by atoms with van der Waals surface area (Å²) in [5.74, 6) is -3.00. The maximum Gasteiger partial charge on any atom is 0.253 e. The van der Waals surface area contributed by atoms with Crippen molar-refractivity contribution in [3.8, 4) is 0 Å². The third-order valence-corrected chi connectivity index (χ3v) is 9.00. The summed E-state index contributed by atoms with van der Waals surface area (Å²) in [7, 11) is 0. The van der Waals surface area contributed by atoms with Gasteiger partial charge in [0.1, 0.15) is 23.6 Å². The fourth-order valence-corrected chi connectivity index (χ4v) is 7.42. The fraction of sp³-hybridized carbons (Fsp3) is 0.200. The highest BCUT2D eigenvalue weighted by molar-refractivity contribution is 6.32. The smallest absolute Gasteiger partial charge is 0.253 e. The molecule has 4 fully saturated rings. The standard InChI is InChI=1S/C30H20Cl2N4O6/c31-15-5-1-7-17(13-15)33-27(37)21-23(19-9-3-11-41-19)36-26-22(24(20-10-4-12-42-20)35(36)25(21)29(33)39)28(38)34(30(26)40)18-8-2-6-16(32)14-18/h1-14,21-26H/t21-,22-,23-,24+,25+,26-/m0/s1. The number of hydrogen-bond donors (Lipinski definition) is 0. The fourth-order valence-electron chi connectivity index (χ4n) is 7.05. The van der Waals surface area contributed by atoms with Gasteiger partial charge in [0.05, 0.1) is 47.8 Å². The largest absolute Gasteiger partial charge is 0.468 e. The second kappa shape index (κ2) is 9.14. The van der Waals surface area contributed by atoms with E-state index in [4.69, 9.17) is 32.0 Å². The predicted molar refractivity (Wildman–Crippen MR) is 149 cm³/mol.